The van der Waals surface area contributed by atoms with Gasteiger partial charge in [-0.25, -0.2) is 8.78 Å². The van der Waals surface area contributed by atoms with E-state index in [1.165, 1.54) is 12.1 Å². The number of carbonyl (C=O) groups excluding carboxylic acids is 1. The Kier molecular flexibility index (Phi) is 7.46. The molecule has 6 rings (SSSR count). The minimum atomic E-state index is -4.87. The molecule has 2 atom stereocenters. The normalized spacial score (nSPS) is 18.0. The second-order valence-electron chi connectivity index (χ2n) is 11.2. The Morgan fingerprint density at radius 1 is 1.00 bits per heavy atom. The molecule has 1 saturated carbocycles. The number of aromatic nitrogens is 1. The predicted molar refractivity (Wildman–Crippen MR) is 152 cm³/mol. The molecule has 4 aromatic rings. The molecule has 0 unspecified atom stereocenters. The largest absolute Gasteiger partial charge is 0.481 e. The molecule has 3 aromatic carbocycles. The lowest BCUT2D eigenvalue weighted by Crippen LogP contribution is -2.40. The second-order valence-corrected chi connectivity index (χ2v) is 11.2. The molecule has 7 nitrogen and oxygen atoms in total. The number of rotatable bonds is 4. The van der Waals surface area contributed by atoms with Crippen LogP contribution in [0.15, 0.2) is 71.7 Å². The fraction of sp³-hybridized carbons (Fsp3) is 0.242. The van der Waals surface area contributed by atoms with Crippen LogP contribution in [0.25, 0.3) is 11.1 Å². The summed E-state index contributed by atoms with van der Waals surface area (Å²) in [6.07, 6.45) is -3.54. The van der Waals surface area contributed by atoms with Gasteiger partial charge in [0.1, 0.15) is 29.2 Å². The van der Waals surface area contributed by atoms with Crippen molar-refractivity contribution in [3.05, 3.63) is 117 Å². The highest BCUT2D eigenvalue weighted by Crippen LogP contribution is 2.46. The molecule has 1 aliphatic heterocycles. The number of nitrogens with one attached hydrogen (secondary N) is 1. The first-order valence-corrected chi connectivity index (χ1v) is 14.0. The van der Waals surface area contributed by atoms with Crippen molar-refractivity contribution in [3.63, 3.8) is 0 Å². The van der Waals surface area contributed by atoms with Crippen molar-refractivity contribution in [2.45, 2.75) is 50.4 Å². The number of hydrogen-bond acceptors (Lipinski definition) is 4. The van der Waals surface area contributed by atoms with E-state index in [2.05, 4.69) is 5.32 Å². The smallest absolute Gasteiger partial charge is 0.416 e. The van der Waals surface area contributed by atoms with Gasteiger partial charge in [-0.15, -0.1) is 0 Å². The molecule has 0 spiro atoms. The first-order valence-electron chi connectivity index (χ1n) is 14.0. The molecule has 232 valence electrons. The molecule has 2 heterocycles. The number of aryl methyl sites for hydroxylation is 1. The van der Waals surface area contributed by atoms with Crippen LogP contribution in [0.3, 0.4) is 0 Å². The monoisotopic (exact) mass is 624 g/mol. The summed E-state index contributed by atoms with van der Waals surface area (Å²) in [4.78, 5) is 39.0. The lowest BCUT2D eigenvalue weighted by Gasteiger charge is -2.25. The summed E-state index contributed by atoms with van der Waals surface area (Å²) in [5, 5.41) is 12.2. The Labute approximate surface area is 252 Å². The number of benzene rings is 3. The van der Waals surface area contributed by atoms with E-state index < -0.39 is 64.9 Å². The van der Waals surface area contributed by atoms with Gasteiger partial charge in [0.15, 0.2) is 0 Å². The number of ether oxygens (including phenoxy) is 1. The number of carboxylic acids is 1. The zero-order valence-electron chi connectivity index (χ0n) is 23.6. The summed E-state index contributed by atoms with van der Waals surface area (Å²) >= 11 is 0. The number of alkyl halides is 3. The van der Waals surface area contributed by atoms with E-state index in [0.29, 0.717) is 52.1 Å². The maximum atomic E-state index is 16.2. The zero-order valence-corrected chi connectivity index (χ0v) is 23.6. The molecule has 1 fully saturated rings. The third-order valence-corrected chi connectivity index (χ3v) is 8.03. The van der Waals surface area contributed by atoms with Crippen LogP contribution >= 0.6 is 0 Å². The molecule has 0 radical (unpaired) electrons. The Balaban J connectivity index is 1.63. The average molecular weight is 625 g/mol. The number of pyridine rings is 1. The first kappa shape index (κ1) is 30.0. The summed E-state index contributed by atoms with van der Waals surface area (Å²) in [5.41, 5.74) is -1.03. The van der Waals surface area contributed by atoms with E-state index in [9.17, 15) is 32.7 Å². The number of nitrogens with zero attached hydrogens (tertiary/aromatic N) is 1. The van der Waals surface area contributed by atoms with Crippen molar-refractivity contribution >= 4 is 11.9 Å². The van der Waals surface area contributed by atoms with E-state index in [4.69, 9.17) is 4.74 Å². The number of amides is 1. The van der Waals surface area contributed by atoms with Crippen molar-refractivity contribution in [2.24, 2.45) is 0 Å². The van der Waals surface area contributed by atoms with Gasteiger partial charge >= 0.3 is 12.1 Å². The van der Waals surface area contributed by atoms with E-state index in [1.54, 1.807) is 31.2 Å². The lowest BCUT2D eigenvalue weighted by atomic mass is 9.90. The standard InChI is InChI=1S/C33H25F5N2O5/c1-16-3-2-4-26-29(16)18-11-21(17-5-6-17)30(35)23(12-18)25(15-28(42)43)39-32(44)31(22-14-20(45-26)7-8-24(22)34)40-10-9-19(13-27(40)41)33(36,37)38/h2-4,7-14,17,25,31H,5-6,15H2,1H3,(H,39,44)(H,42,43)/t25-,31+/m0/s1. The molecular formula is C33H25F5N2O5. The minimum Gasteiger partial charge on any atom is -0.481 e. The third kappa shape index (κ3) is 5.79. The van der Waals surface area contributed by atoms with E-state index in [-0.39, 0.29) is 23.3 Å². The molecule has 0 saturated heterocycles. The van der Waals surface area contributed by atoms with Crippen LogP contribution in [0.2, 0.25) is 0 Å². The van der Waals surface area contributed by atoms with Gasteiger partial charge in [-0.3, -0.25) is 19.0 Å². The maximum absolute atomic E-state index is 16.2. The van der Waals surface area contributed by atoms with Crippen molar-refractivity contribution in [1.29, 1.82) is 0 Å². The number of halogens is 5. The van der Waals surface area contributed by atoms with Gasteiger partial charge in [-0.05, 0) is 84.8 Å². The van der Waals surface area contributed by atoms with Crippen LogP contribution in [0.1, 0.15) is 65.1 Å². The molecule has 45 heavy (non-hydrogen) atoms. The topological polar surface area (TPSA) is 97.6 Å². The van der Waals surface area contributed by atoms with Gasteiger partial charge in [0.2, 0.25) is 5.91 Å². The van der Waals surface area contributed by atoms with Crippen LogP contribution in [0.5, 0.6) is 11.5 Å². The molecule has 1 aromatic heterocycles. The molecule has 4 bridgehead atoms. The number of fused-ring (bicyclic) bond motifs is 6. The molecule has 12 heteroatoms. The fourth-order valence-electron chi connectivity index (χ4n) is 5.74. The van der Waals surface area contributed by atoms with Gasteiger partial charge in [-0.1, -0.05) is 12.1 Å². The van der Waals surface area contributed by atoms with Crippen LogP contribution in [0, 0.1) is 18.6 Å². The quantitative estimate of drug-likeness (QED) is 0.238. The molecular weight excluding hydrogens is 599 g/mol. The van der Waals surface area contributed by atoms with Crippen LogP contribution in [-0.4, -0.2) is 21.6 Å². The highest BCUT2D eigenvalue weighted by atomic mass is 19.4. The maximum Gasteiger partial charge on any atom is 0.416 e. The first-order chi connectivity index (χ1) is 21.3. The highest BCUT2D eigenvalue weighted by molar-refractivity contribution is 5.85. The number of aliphatic carboxylic acids is 1. The Bertz CT molecular complexity index is 1910. The summed E-state index contributed by atoms with van der Waals surface area (Å²) < 4.78 is 78.5. The second kappa shape index (κ2) is 11.2. The highest BCUT2D eigenvalue weighted by Gasteiger charge is 2.36. The van der Waals surface area contributed by atoms with E-state index in [0.717, 1.165) is 17.7 Å². The summed E-state index contributed by atoms with van der Waals surface area (Å²) in [7, 11) is 0. The number of carboxylic acid groups (broad SMARTS) is 1. The summed E-state index contributed by atoms with van der Waals surface area (Å²) in [6, 6.07) is 9.08. The van der Waals surface area contributed by atoms with Crippen LogP contribution in [-0.2, 0) is 15.8 Å². The van der Waals surface area contributed by atoms with Gasteiger partial charge in [0, 0.05) is 29.0 Å². The van der Waals surface area contributed by atoms with E-state index in [1.807, 2.05) is 0 Å². The van der Waals surface area contributed by atoms with Crippen molar-refractivity contribution in [1.82, 2.24) is 9.88 Å². The van der Waals surface area contributed by atoms with Gasteiger partial charge in [0.25, 0.3) is 5.56 Å². The lowest BCUT2D eigenvalue weighted by molar-refractivity contribution is -0.138. The van der Waals surface area contributed by atoms with Crippen LogP contribution in [0.4, 0.5) is 22.0 Å². The average Bonchev–Trinajstić information content (AvgIpc) is 3.80. The summed E-state index contributed by atoms with van der Waals surface area (Å²) in [6.45, 7) is 1.81. The van der Waals surface area contributed by atoms with Crippen LogP contribution < -0.4 is 15.6 Å². The van der Waals surface area contributed by atoms with Crippen molar-refractivity contribution < 1.29 is 41.4 Å². The van der Waals surface area contributed by atoms with Crippen molar-refractivity contribution in [3.8, 4) is 22.6 Å². The Hall–Kier alpha value is -5.00. The molecule has 1 amide bonds. The van der Waals surface area contributed by atoms with Gasteiger partial charge < -0.3 is 15.2 Å². The number of carbonyl (C=O) groups is 2. The van der Waals surface area contributed by atoms with Gasteiger partial charge in [0.05, 0.1) is 18.0 Å². The van der Waals surface area contributed by atoms with Gasteiger partial charge in [-0.2, -0.15) is 13.2 Å². The summed E-state index contributed by atoms with van der Waals surface area (Å²) in [5.74, 6) is -4.04. The SMILES string of the molecule is Cc1cccc2c1-c1cc(C3CC3)c(F)c(c1)[C@H](CC(=O)O)NC(=O)[C@H](n1ccc(C(F)(F)F)cc1=O)c1cc(ccc1F)O2. The Morgan fingerprint density at radius 2 is 1.73 bits per heavy atom. The predicted octanol–water partition coefficient (Wildman–Crippen LogP) is 7.03. The molecule has 1 aliphatic carbocycles. The number of hydrogen-bond donors (Lipinski definition) is 2. The fourth-order valence-corrected chi connectivity index (χ4v) is 5.74. The minimum absolute atomic E-state index is 0.0436. The van der Waals surface area contributed by atoms with Crippen molar-refractivity contribution in [2.75, 3.05) is 0 Å². The van der Waals surface area contributed by atoms with E-state index >= 15 is 8.78 Å². The molecule has 2 N–H and O–H groups in total. The molecule has 2 aliphatic rings. The zero-order chi connectivity index (χ0) is 32.2. The Morgan fingerprint density at radius 3 is 2.40 bits per heavy atom. The third-order valence-electron chi connectivity index (χ3n) is 8.03.